The maximum absolute atomic E-state index is 10.0. The number of phenolic OH excluding ortho intramolecular Hbond substituents is 1. The van der Waals surface area contributed by atoms with Gasteiger partial charge in [0.05, 0.1) is 0 Å². The molecule has 2 rings (SSSR count). The van der Waals surface area contributed by atoms with Gasteiger partial charge in [-0.3, -0.25) is 0 Å². The summed E-state index contributed by atoms with van der Waals surface area (Å²) >= 11 is 0. The van der Waals surface area contributed by atoms with Crippen molar-refractivity contribution in [1.29, 1.82) is 0 Å². The van der Waals surface area contributed by atoms with Crippen LogP contribution in [0.4, 0.5) is 5.69 Å². The number of hydrogen-bond donors (Lipinski definition) is 2. The van der Waals surface area contributed by atoms with E-state index < -0.39 is 0 Å². The van der Waals surface area contributed by atoms with Gasteiger partial charge < -0.3 is 20.6 Å². The molecule has 1 aromatic carbocycles. The van der Waals surface area contributed by atoms with Crippen LogP contribution >= 0.6 is 0 Å². The molecule has 4 heteroatoms. The lowest BCUT2D eigenvalue weighted by Gasteiger charge is -2.32. The first kappa shape index (κ1) is 15.1. The van der Waals surface area contributed by atoms with Gasteiger partial charge in [0, 0.05) is 37.0 Å². The SMILES string of the molecule is CC(N)c1ccc(N(C)CC2CCN(C)CC2)cc1O. The van der Waals surface area contributed by atoms with Crippen molar-refractivity contribution in [3.63, 3.8) is 0 Å². The molecule has 1 fully saturated rings. The van der Waals surface area contributed by atoms with Gasteiger partial charge in [-0.15, -0.1) is 0 Å². The zero-order chi connectivity index (χ0) is 14.7. The van der Waals surface area contributed by atoms with Crippen LogP contribution in [0.25, 0.3) is 0 Å². The van der Waals surface area contributed by atoms with Crippen LogP contribution in [-0.2, 0) is 0 Å². The minimum atomic E-state index is -0.136. The average molecular weight is 277 g/mol. The zero-order valence-corrected chi connectivity index (χ0v) is 12.8. The molecule has 1 aliphatic rings. The Hall–Kier alpha value is -1.26. The summed E-state index contributed by atoms with van der Waals surface area (Å²) in [6.45, 7) is 5.31. The predicted octanol–water partition coefficient (Wildman–Crippen LogP) is 2.19. The molecule has 20 heavy (non-hydrogen) atoms. The molecule has 0 spiro atoms. The van der Waals surface area contributed by atoms with Gasteiger partial charge >= 0.3 is 0 Å². The first-order valence-electron chi connectivity index (χ1n) is 7.45. The monoisotopic (exact) mass is 277 g/mol. The highest BCUT2D eigenvalue weighted by molar-refractivity contribution is 5.53. The molecule has 1 aliphatic heterocycles. The van der Waals surface area contributed by atoms with Crippen molar-refractivity contribution < 1.29 is 5.11 Å². The van der Waals surface area contributed by atoms with Crippen molar-refractivity contribution in [3.8, 4) is 5.75 Å². The van der Waals surface area contributed by atoms with E-state index in [-0.39, 0.29) is 6.04 Å². The molecule has 112 valence electrons. The lowest BCUT2D eigenvalue weighted by Crippen LogP contribution is -2.35. The molecule has 0 amide bonds. The summed E-state index contributed by atoms with van der Waals surface area (Å²) < 4.78 is 0. The van der Waals surface area contributed by atoms with E-state index >= 15 is 0 Å². The number of anilines is 1. The minimum Gasteiger partial charge on any atom is -0.508 e. The second-order valence-corrected chi connectivity index (χ2v) is 6.16. The smallest absolute Gasteiger partial charge is 0.122 e. The topological polar surface area (TPSA) is 52.7 Å². The van der Waals surface area contributed by atoms with E-state index in [9.17, 15) is 5.11 Å². The van der Waals surface area contributed by atoms with E-state index in [2.05, 4.69) is 23.9 Å². The van der Waals surface area contributed by atoms with Crippen molar-refractivity contribution in [2.75, 3.05) is 38.6 Å². The number of piperidine rings is 1. The third kappa shape index (κ3) is 3.64. The van der Waals surface area contributed by atoms with Gasteiger partial charge in [0.2, 0.25) is 0 Å². The first-order chi connectivity index (χ1) is 9.47. The Morgan fingerprint density at radius 1 is 1.40 bits per heavy atom. The van der Waals surface area contributed by atoms with Crippen molar-refractivity contribution in [1.82, 2.24) is 4.90 Å². The number of hydrogen-bond acceptors (Lipinski definition) is 4. The summed E-state index contributed by atoms with van der Waals surface area (Å²) in [4.78, 5) is 4.63. The molecule has 3 N–H and O–H groups in total. The number of phenols is 1. The first-order valence-corrected chi connectivity index (χ1v) is 7.45. The summed E-state index contributed by atoms with van der Waals surface area (Å²) in [5.74, 6) is 1.04. The highest BCUT2D eigenvalue weighted by Gasteiger charge is 2.18. The van der Waals surface area contributed by atoms with Gasteiger partial charge in [0.15, 0.2) is 0 Å². The largest absolute Gasteiger partial charge is 0.508 e. The highest BCUT2D eigenvalue weighted by atomic mass is 16.3. The highest BCUT2D eigenvalue weighted by Crippen LogP contribution is 2.28. The fourth-order valence-corrected chi connectivity index (χ4v) is 2.89. The number of rotatable bonds is 4. The second kappa shape index (κ2) is 6.46. The van der Waals surface area contributed by atoms with Crippen LogP contribution in [0.3, 0.4) is 0 Å². The number of likely N-dealkylation sites (tertiary alicyclic amines) is 1. The molecular formula is C16H27N3O. The van der Waals surface area contributed by atoms with Crippen LogP contribution in [0.5, 0.6) is 5.75 Å². The summed E-state index contributed by atoms with van der Waals surface area (Å²) in [7, 11) is 4.28. The van der Waals surface area contributed by atoms with Crippen LogP contribution < -0.4 is 10.6 Å². The Morgan fingerprint density at radius 3 is 2.60 bits per heavy atom. The molecule has 0 radical (unpaired) electrons. The van der Waals surface area contributed by atoms with Gasteiger partial charge in [-0.05, 0) is 51.9 Å². The number of nitrogens with zero attached hydrogens (tertiary/aromatic N) is 2. The number of benzene rings is 1. The van der Waals surface area contributed by atoms with Crippen molar-refractivity contribution in [3.05, 3.63) is 23.8 Å². The summed E-state index contributed by atoms with van der Waals surface area (Å²) in [5.41, 5.74) is 7.69. The van der Waals surface area contributed by atoms with E-state index in [1.54, 1.807) is 0 Å². The van der Waals surface area contributed by atoms with Crippen LogP contribution in [0.2, 0.25) is 0 Å². The molecule has 0 aliphatic carbocycles. The zero-order valence-electron chi connectivity index (χ0n) is 12.8. The summed E-state index contributed by atoms with van der Waals surface area (Å²) in [5, 5.41) is 10.0. The molecule has 1 aromatic rings. The molecule has 4 nitrogen and oxygen atoms in total. The van der Waals surface area contributed by atoms with E-state index in [0.717, 1.165) is 23.7 Å². The lowest BCUT2D eigenvalue weighted by molar-refractivity contribution is 0.222. The Bertz CT molecular complexity index is 439. The van der Waals surface area contributed by atoms with E-state index in [1.807, 2.05) is 25.1 Å². The molecule has 1 atom stereocenters. The van der Waals surface area contributed by atoms with Crippen LogP contribution in [0, 0.1) is 5.92 Å². The molecule has 1 heterocycles. The quantitative estimate of drug-likeness (QED) is 0.886. The molecule has 0 saturated carbocycles. The average Bonchev–Trinajstić information content (AvgIpc) is 2.40. The molecule has 1 unspecified atom stereocenters. The maximum atomic E-state index is 10.0. The molecule has 0 aromatic heterocycles. The van der Waals surface area contributed by atoms with Crippen molar-refractivity contribution in [2.24, 2.45) is 11.7 Å². The van der Waals surface area contributed by atoms with Gasteiger partial charge in [-0.1, -0.05) is 6.07 Å². The van der Waals surface area contributed by atoms with Crippen molar-refractivity contribution >= 4 is 5.69 Å². The van der Waals surface area contributed by atoms with Crippen molar-refractivity contribution in [2.45, 2.75) is 25.8 Å². The maximum Gasteiger partial charge on any atom is 0.122 e. The van der Waals surface area contributed by atoms with Gasteiger partial charge in [-0.25, -0.2) is 0 Å². The third-order valence-electron chi connectivity index (χ3n) is 4.32. The minimum absolute atomic E-state index is 0.136. The fourth-order valence-electron chi connectivity index (χ4n) is 2.89. The van der Waals surface area contributed by atoms with Crippen LogP contribution in [0.1, 0.15) is 31.4 Å². The van der Waals surface area contributed by atoms with Gasteiger partial charge in [0.25, 0.3) is 0 Å². The van der Waals surface area contributed by atoms with E-state index in [1.165, 1.54) is 25.9 Å². The Labute approximate surface area is 122 Å². The summed E-state index contributed by atoms with van der Waals surface area (Å²) in [6, 6.07) is 5.67. The van der Waals surface area contributed by atoms with Crippen LogP contribution in [0.15, 0.2) is 18.2 Å². The standard InChI is InChI=1S/C16H27N3O/c1-12(17)15-5-4-14(10-16(15)20)19(3)11-13-6-8-18(2)9-7-13/h4-5,10,12-13,20H,6-9,11,17H2,1-3H3. The molecule has 1 saturated heterocycles. The molecule has 0 bridgehead atoms. The normalized spacial score (nSPS) is 19.0. The fraction of sp³-hybridized carbons (Fsp3) is 0.625. The van der Waals surface area contributed by atoms with Gasteiger partial charge in [-0.2, -0.15) is 0 Å². The Balaban J connectivity index is 1.98. The Kier molecular flexibility index (Phi) is 4.89. The van der Waals surface area contributed by atoms with Crippen LogP contribution in [-0.4, -0.2) is 43.7 Å². The third-order valence-corrected chi connectivity index (χ3v) is 4.32. The van der Waals surface area contributed by atoms with E-state index in [4.69, 9.17) is 5.73 Å². The molecular weight excluding hydrogens is 250 g/mol. The van der Waals surface area contributed by atoms with Gasteiger partial charge in [0.1, 0.15) is 5.75 Å². The summed E-state index contributed by atoms with van der Waals surface area (Å²) in [6.07, 6.45) is 2.51. The Morgan fingerprint density at radius 2 is 2.05 bits per heavy atom. The lowest BCUT2D eigenvalue weighted by atomic mass is 9.96. The predicted molar refractivity (Wildman–Crippen MR) is 84.2 cm³/mol. The number of aromatic hydroxyl groups is 1. The number of nitrogens with two attached hydrogens (primary N) is 1. The second-order valence-electron chi connectivity index (χ2n) is 6.16. The van der Waals surface area contributed by atoms with E-state index in [0.29, 0.717) is 5.75 Å².